The molecule has 4 aromatic rings. The molecular formula is C33H34N2O4. The number of carboxylic acids is 1. The summed E-state index contributed by atoms with van der Waals surface area (Å²) in [5.41, 5.74) is 5.03. The third kappa shape index (κ3) is 7.25. The Balaban J connectivity index is 1.10. The predicted octanol–water partition coefficient (Wildman–Crippen LogP) is 6.56. The zero-order valence-corrected chi connectivity index (χ0v) is 22.3. The first kappa shape index (κ1) is 26.5. The Bertz CT molecular complexity index is 1350. The molecule has 0 amide bonds. The van der Waals surface area contributed by atoms with Gasteiger partial charge in [-0.05, 0) is 90.3 Å². The topological polar surface area (TPSA) is 62.2 Å². The standard InChI is InChI=1S/C33H34N2O4/c1-38-30-15-9-27(10-16-30)28-11-17-32(18-12-28)39-31-13-5-26(6-14-31)24-35-20-2-19-34(21-22-35)23-25-3-7-29(8-4-25)33(36)37/h3-18H,2,19-24H2,1H3,(H,36,37). The maximum Gasteiger partial charge on any atom is 0.335 e. The van der Waals surface area contributed by atoms with Gasteiger partial charge in [0.1, 0.15) is 17.2 Å². The van der Waals surface area contributed by atoms with Gasteiger partial charge in [-0.3, -0.25) is 9.80 Å². The number of aromatic carboxylic acids is 1. The van der Waals surface area contributed by atoms with E-state index in [-0.39, 0.29) is 0 Å². The van der Waals surface area contributed by atoms with Crippen LogP contribution in [0.5, 0.6) is 17.2 Å². The molecule has 0 unspecified atom stereocenters. The van der Waals surface area contributed by atoms with Gasteiger partial charge < -0.3 is 14.6 Å². The Kier molecular flexibility index (Phi) is 8.56. The average molecular weight is 523 g/mol. The van der Waals surface area contributed by atoms with E-state index in [1.54, 1.807) is 19.2 Å². The Labute approximate surface area is 230 Å². The lowest BCUT2D eigenvalue weighted by molar-refractivity contribution is 0.0697. The lowest BCUT2D eigenvalue weighted by atomic mass is 10.1. The molecule has 0 aromatic heterocycles. The highest BCUT2D eigenvalue weighted by atomic mass is 16.5. The molecule has 1 aliphatic rings. The number of nitrogens with zero attached hydrogens (tertiary/aromatic N) is 2. The van der Waals surface area contributed by atoms with Crippen molar-refractivity contribution in [3.63, 3.8) is 0 Å². The van der Waals surface area contributed by atoms with E-state index in [0.29, 0.717) is 5.56 Å². The minimum atomic E-state index is -0.883. The molecule has 1 N–H and O–H groups in total. The smallest absolute Gasteiger partial charge is 0.335 e. The normalized spacial score (nSPS) is 14.5. The van der Waals surface area contributed by atoms with Gasteiger partial charge in [-0.15, -0.1) is 0 Å². The van der Waals surface area contributed by atoms with Gasteiger partial charge >= 0.3 is 5.97 Å². The molecule has 1 heterocycles. The molecule has 0 aliphatic carbocycles. The summed E-state index contributed by atoms with van der Waals surface area (Å²) >= 11 is 0. The highest BCUT2D eigenvalue weighted by molar-refractivity contribution is 5.87. The molecule has 4 aromatic carbocycles. The maximum atomic E-state index is 11.1. The Morgan fingerprint density at radius 2 is 1.08 bits per heavy atom. The van der Waals surface area contributed by atoms with Gasteiger partial charge in [0.05, 0.1) is 12.7 Å². The van der Waals surface area contributed by atoms with Crippen molar-refractivity contribution in [2.45, 2.75) is 19.5 Å². The van der Waals surface area contributed by atoms with Crippen LogP contribution in [0.25, 0.3) is 11.1 Å². The van der Waals surface area contributed by atoms with Crippen molar-refractivity contribution < 1.29 is 19.4 Å². The molecule has 1 aliphatic heterocycles. The second-order valence-corrected chi connectivity index (χ2v) is 9.91. The van der Waals surface area contributed by atoms with E-state index in [1.807, 2.05) is 48.5 Å². The van der Waals surface area contributed by atoms with Crippen LogP contribution in [0, 0.1) is 0 Å². The van der Waals surface area contributed by atoms with E-state index < -0.39 is 5.97 Å². The highest BCUT2D eigenvalue weighted by Crippen LogP contribution is 2.27. The van der Waals surface area contributed by atoms with Crippen LogP contribution in [0.1, 0.15) is 27.9 Å². The van der Waals surface area contributed by atoms with Gasteiger partial charge in [-0.2, -0.15) is 0 Å². The van der Waals surface area contributed by atoms with Crippen LogP contribution in [-0.4, -0.2) is 54.2 Å². The summed E-state index contributed by atoms with van der Waals surface area (Å²) in [4.78, 5) is 16.0. The van der Waals surface area contributed by atoms with Crippen LogP contribution in [0.4, 0.5) is 0 Å². The lowest BCUT2D eigenvalue weighted by Gasteiger charge is -2.22. The second kappa shape index (κ2) is 12.6. The van der Waals surface area contributed by atoms with Crippen molar-refractivity contribution >= 4 is 5.97 Å². The first-order valence-corrected chi connectivity index (χ1v) is 13.3. The number of methoxy groups -OCH3 is 1. The zero-order chi connectivity index (χ0) is 27.0. The SMILES string of the molecule is COc1ccc(-c2ccc(Oc3ccc(CN4CCCN(Cc5ccc(C(=O)O)cc5)CC4)cc3)cc2)cc1. The average Bonchev–Trinajstić information content (AvgIpc) is 3.19. The summed E-state index contributed by atoms with van der Waals surface area (Å²) in [6.45, 7) is 5.87. The number of hydrogen-bond acceptors (Lipinski definition) is 5. The number of ether oxygens (including phenoxy) is 2. The van der Waals surface area contributed by atoms with E-state index in [4.69, 9.17) is 14.6 Å². The van der Waals surface area contributed by atoms with Crippen molar-refractivity contribution in [2.24, 2.45) is 0 Å². The molecule has 39 heavy (non-hydrogen) atoms. The number of benzene rings is 4. The quantitative estimate of drug-likeness (QED) is 0.269. The summed E-state index contributed by atoms with van der Waals surface area (Å²) in [7, 11) is 1.67. The maximum absolute atomic E-state index is 11.1. The van der Waals surface area contributed by atoms with E-state index in [0.717, 1.165) is 79.6 Å². The zero-order valence-electron chi connectivity index (χ0n) is 22.3. The number of rotatable bonds is 9. The fraction of sp³-hybridized carbons (Fsp3) is 0.242. The molecule has 1 saturated heterocycles. The van der Waals surface area contributed by atoms with E-state index in [2.05, 4.69) is 46.2 Å². The number of carbonyl (C=O) groups is 1. The minimum absolute atomic E-state index is 0.333. The molecule has 0 bridgehead atoms. The Morgan fingerprint density at radius 3 is 1.54 bits per heavy atom. The molecule has 0 atom stereocenters. The molecule has 1 fully saturated rings. The van der Waals surface area contributed by atoms with Gasteiger partial charge in [-0.1, -0.05) is 48.5 Å². The molecule has 6 heteroatoms. The summed E-state index contributed by atoms with van der Waals surface area (Å²) in [5, 5.41) is 9.10. The first-order chi connectivity index (χ1) is 19.1. The number of hydrogen-bond donors (Lipinski definition) is 1. The van der Waals surface area contributed by atoms with Gasteiger partial charge in [-0.25, -0.2) is 4.79 Å². The summed E-state index contributed by atoms with van der Waals surface area (Å²) in [6, 6.07) is 31.8. The highest BCUT2D eigenvalue weighted by Gasteiger charge is 2.16. The molecule has 0 saturated carbocycles. The van der Waals surface area contributed by atoms with Crippen molar-refractivity contribution in [2.75, 3.05) is 33.3 Å². The fourth-order valence-electron chi connectivity index (χ4n) is 4.91. The largest absolute Gasteiger partial charge is 0.497 e. The minimum Gasteiger partial charge on any atom is -0.497 e. The molecule has 0 spiro atoms. The molecular weight excluding hydrogens is 488 g/mol. The van der Waals surface area contributed by atoms with Crippen LogP contribution in [0.3, 0.4) is 0 Å². The van der Waals surface area contributed by atoms with Crippen molar-refractivity contribution in [1.29, 1.82) is 0 Å². The lowest BCUT2D eigenvalue weighted by Crippen LogP contribution is -2.30. The first-order valence-electron chi connectivity index (χ1n) is 13.3. The molecule has 200 valence electrons. The van der Waals surface area contributed by atoms with Crippen molar-refractivity contribution in [3.8, 4) is 28.4 Å². The fourth-order valence-corrected chi connectivity index (χ4v) is 4.91. The van der Waals surface area contributed by atoms with Gasteiger partial charge in [0, 0.05) is 26.2 Å². The van der Waals surface area contributed by atoms with Gasteiger partial charge in [0.2, 0.25) is 0 Å². The van der Waals surface area contributed by atoms with Crippen molar-refractivity contribution in [3.05, 3.63) is 114 Å². The van der Waals surface area contributed by atoms with E-state index >= 15 is 0 Å². The summed E-state index contributed by atoms with van der Waals surface area (Å²) in [6.07, 6.45) is 1.11. The van der Waals surface area contributed by atoms with Crippen LogP contribution in [0.2, 0.25) is 0 Å². The van der Waals surface area contributed by atoms with Crippen LogP contribution < -0.4 is 9.47 Å². The number of carboxylic acid groups (broad SMARTS) is 1. The summed E-state index contributed by atoms with van der Waals surface area (Å²) in [5.74, 6) is 1.60. The van der Waals surface area contributed by atoms with Crippen LogP contribution >= 0.6 is 0 Å². The van der Waals surface area contributed by atoms with E-state index in [9.17, 15) is 4.79 Å². The summed E-state index contributed by atoms with van der Waals surface area (Å²) < 4.78 is 11.3. The van der Waals surface area contributed by atoms with Crippen molar-refractivity contribution in [1.82, 2.24) is 9.80 Å². The van der Waals surface area contributed by atoms with E-state index in [1.165, 1.54) is 5.56 Å². The third-order valence-electron chi connectivity index (χ3n) is 7.13. The Morgan fingerprint density at radius 1 is 0.641 bits per heavy atom. The van der Waals surface area contributed by atoms with Gasteiger partial charge in [0.15, 0.2) is 0 Å². The second-order valence-electron chi connectivity index (χ2n) is 9.91. The molecule has 5 rings (SSSR count). The monoisotopic (exact) mass is 522 g/mol. The predicted molar refractivity (Wildman–Crippen MR) is 154 cm³/mol. The van der Waals surface area contributed by atoms with Gasteiger partial charge in [0.25, 0.3) is 0 Å². The van der Waals surface area contributed by atoms with Crippen LogP contribution in [0.15, 0.2) is 97.1 Å². The third-order valence-corrected chi connectivity index (χ3v) is 7.13. The van der Waals surface area contributed by atoms with Crippen LogP contribution in [-0.2, 0) is 13.1 Å². The molecule has 0 radical (unpaired) electrons. The molecule has 6 nitrogen and oxygen atoms in total. The Hall–Kier alpha value is -4.13.